The number of piperidine rings is 2. The van der Waals surface area contributed by atoms with Gasteiger partial charge in [0.05, 0.1) is 0 Å². The summed E-state index contributed by atoms with van der Waals surface area (Å²) in [6.07, 6.45) is -22.2. The van der Waals surface area contributed by atoms with Gasteiger partial charge in [-0.2, -0.15) is 0 Å². The molecule has 102 valence electrons. The molecule has 0 amide bonds. The second-order valence-corrected chi connectivity index (χ2v) is 5.96. The molecule has 0 saturated carbocycles. The summed E-state index contributed by atoms with van der Waals surface area (Å²) in [7, 11) is 0.152. The highest BCUT2D eigenvalue weighted by atomic mass is 33.1. The molecule has 2 aliphatic rings. The molecule has 0 aliphatic carbocycles. The average Bonchev–Trinajstić information content (AvgIpc) is 2.69. The van der Waals surface area contributed by atoms with Crippen LogP contribution in [0, 0.1) is 0 Å². The van der Waals surface area contributed by atoms with Crippen LogP contribution >= 0.6 is 46.0 Å². The Bertz CT molecular complexity index is 883. The van der Waals surface area contributed by atoms with Gasteiger partial charge in [0.2, 0.25) is 0 Å². The van der Waals surface area contributed by atoms with Crippen LogP contribution in [0.5, 0.6) is 0 Å². The summed E-state index contributed by atoms with van der Waals surface area (Å²) < 4.78 is 158. The van der Waals surface area contributed by atoms with Gasteiger partial charge in [-0.05, 0) is 59.8 Å². The van der Waals surface area contributed by atoms with Crippen molar-refractivity contribution >= 4 is 54.7 Å². The summed E-state index contributed by atoms with van der Waals surface area (Å²) in [5.41, 5.74) is 0. The van der Waals surface area contributed by atoms with E-state index in [9.17, 15) is 0 Å². The quantitative estimate of drug-likeness (QED) is 0.484. The SMILES string of the molecule is [2H]C1([2H])N(C(=S)SSC(=S)N2C([2H])([2H])C([2H])([2H])C([2H])([2H])C([2H])([2H])C2([2H])[2H])C([2H])([2H])C([2H])([2H])C([2H])([2H])C1([2H])[2H]. The summed E-state index contributed by atoms with van der Waals surface area (Å²) >= 11 is 9.94. The summed E-state index contributed by atoms with van der Waals surface area (Å²) in [6, 6.07) is 0. The maximum atomic E-state index is 8.12. The Labute approximate surface area is 157 Å². The first-order chi connectivity index (χ1) is 16.3. The van der Waals surface area contributed by atoms with Gasteiger partial charge in [-0.15, -0.1) is 0 Å². The lowest BCUT2D eigenvalue weighted by Crippen LogP contribution is -2.34. The number of nitrogens with zero attached hydrogens (tertiary/aromatic N) is 2. The van der Waals surface area contributed by atoms with E-state index in [1.807, 2.05) is 0 Å². The fourth-order valence-corrected chi connectivity index (χ4v) is 2.93. The van der Waals surface area contributed by atoms with Crippen molar-refractivity contribution in [3.05, 3.63) is 0 Å². The normalized spacial score (nSPS) is 65.3. The summed E-state index contributed by atoms with van der Waals surface area (Å²) in [6.45, 7) is -14.5. The molecule has 2 rings (SSSR count). The van der Waals surface area contributed by atoms with Gasteiger partial charge in [0, 0.05) is 53.4 Å². The van der Waals surface area contributed by atoms with E-state index in [1.165, 1.54) is 0 Å². The lowest BCUT2D eigenvalue weighted by atomic mass is 10.1. The van der Waals surface area contributed by atoms with Gasteiger partial charge in [0.1, 0.15) is 8.64 Å². The highest BCUT2D eigenvalue weighted by Gasteiger charge is 2.18. The fourth-order valence-electron chi connectivity index (χ4n) is 0.782. The minimum Gasteiger partial charge on any atom is -0.357 e. The van der Waals surface area contributed by atoms with Crippen molar-refractivity contribution in [2.75, 3.05) is 26.0 Å². The lowest BCUT2D eigenvalue weighted by Gasteiger charge is -2.30. The lowest BCUT2D eigenvalue weighted by molar-refractivity contribution is 0.352. The molecule has 6 heteroatoms. The maximum absolute atomic E-state index is 8.12. The molecular weight excluding hydrogens is 300 g/mol. The molecule has 0 N–H and O–H groups in total. The van der Waals surface area contributed by atoms with E-state index in [2.05, 4.69) is 0 Å². The molecule has 2 nitrogen and oxygen atoms in total. The summed E-state index contributed by atoms with van der Waals surface area (Å²) in [5.74, 6) is 0. The van der Waals surface area contributed by atoms with Crippen LogP contribution in [-0.4, -0.2) is 44.4 Å². The van der Waals surface area contributed by atoms with Crippen molar-refractivity contribution in [2.24, 2.45) is 0 Å². The first-order valence-corrected chi connectivity index (χ1v) is 7.29. The smallest absolute Gasteiger partial charge is 0.147 e. The first kappa shape index (κ1) is 3.62. The number of likely N-dealkylation sites (tertiary alicyclic amines) is 2. The van der Waals surface area contributed by atoms with Crippen LogP contribution in [0.4, 0.5) is 0 Å². The molecule has 0 unspecified atom stereocenters. The third kappa shape index (κ3) is 4.54. The van der Waals surface area contributed by atoms with E-state index in [4.69, 9.17) is 51.9 Å². The van der Waals surface area contributed by atoms with Gasteiger partial charge in [0.25, 0.3) is 0 Å². The molecule has 0 bridgehead atoms. The number of hydrogen-bond donors (Lipinski definition) is 0. The van der Waals surface area contributed by atoms with Crippen molar-refractivity contribution < 1.29 is 27.4 Å². The Morgan fingerprint density at radius 2 is 1.06 bits per heavy atom. The van der Waals surface area contributed by atoms with E-state index in [-0.39, 0.29) is 31.4 Å². The largest absolute Gasteiger partial charge is 0.357 e. The van der Waals surface area contributed by atoms with E-state index >= 15 is 0 Å². The minimum atomic E-state index is -3.71. The molecule has 2 aliphatic heterocycles. The molecule has 2 fully saturated rings. The van der Waals surface area contributed by atoms with Crippen LogP contribution in [0.3, 0.4) is 0 Å². The molecule has 0 aromatic rings. The number of thiocarbonyl (C=S) groups is 2. The molecule has 0 spiro atoms. The van der Waals surface area contributed by atoms with Gasteiger partial charge in [-0.1, -0.05) is 24.4 Å². The van der Waals surface area contributed by atoms with Crippen LogP contribution in [-0.2, 0) is 0 Å². The highest BCUT2D eigenvalue weighted by molar-refractivity contribution is 8.89. The van der Waals surface area contributed by atoms with E-state index in [0.717, 1.165) is 0 Å². The number of rotatable bonds is 0. The molecule has 2 heterocycles. The van der Waals surface area contributed by atoms with Gasteiger partial charge >= 0.3 is 0 Å². The molecule has 0 aromatic heterocycles. The Morgan fingerprint density at radius 3 is 1.39 bits per heavy atom. The second kappa shape index (κ2) is 7.92. The summed E-state index contributed by atoms with van der Waals surface area (Å²) in [4.78, 5) is -0.346. The zero-order chi connectivity index (χ0) is 30.7. The van der Waals surface area contributed by atoms with E-state index < -0.39 is 72.9 Å². The zero-order valence-electron chi connectivity index (χ0n) is 28.5. The Balaban J connectivity index is 2.50. The van der Waals surface area contributed by atoms with Crippen molar-refractivity contribution in [1.82, 2.24) is 9.80 Å². The van der Waals surface area contributed by atoms with Gasteiger partial charge in [0.15, 0.2) is 0 Å². The van der Waals surface area contributed by atoms with Crippen LogP contribution in [0.2, 0.25) is 0 Å². The average molecular weight is 341 g/mol. The molecule has 0 atom stereocenters. The van der Waals surface area contributed by atoms with E-state index in [0.29, 0.717) is 0 Å². The maximum Gasteiger partial charge on any atom is 0.147 e. The summed E-state index contributed by atoms with van der Waals surface area (Å²) in [5, 5.41) is 0. The van der Waals surface area contributed by atoms with Crippen LogP contribution < -0.4 is 0 Å². The Hall–Kier alpha value is 0.480. The molecule has 18 heavy (non-hydrogen) atoms. The van der Waals surface area contributed by atoms with Gasteiger partial charge in [-0.3, -0.25) is 0 Å². The van der Waals surface area contributed by atoms with Crippen molar-refractivity contribution in [2.45, 2.75) is 38.2 Å². The topological polar surface area (TPSA) is 6.48 Å². The minimum absolute atomic E-state index is 0.0760. The monoisotopic (exact) mass is 340 g/mol. The van der Waals surface area contributed by atoms with Crippen LogP contribution in [0.15, 0.2) is 0 Å². The third-order valence-electron chi connectivity index (χ3n) is 1.47. The molecule has 0 aromatic carbocycles. The second-order valence-electron chi connectivity index (χ2n) is 2.57. The first-order valence-electron chi connectivity index (χ1n) is 14.3. The molecular formula is C12H20N2S4. The molecule has 2 saturated heterocycles. The van der Waals surface area contributed by atoms with Crippen molar-refractivity contribution in [1.29, 1.82) is 0 Å². The Morgan fingerprint density at radius 1 is 0.722 bits per heavy atom. The Kier molecular flexibility index (Phi) is 1.59. The van der Waals surface area contributed by atoms with Gasteiger partial charge < -0.3 is 9.80 Å². The standard InChI is InChI=1S/C12H20N2S4/c15-11(13-7-3-1-4-8-13)17-18-12(16)14-9-5-2-6-10-14/h1-10H2/i1D2,2D2,3D2,4D2,5D2,6D2,7D2,8D2,9D2,10D2. The van der Waals surface area contributed by atoms with E-state index in [1.54, 1.807) is 0 Å². The van der Waals surface area contributed by atoms with Crippen LogP contribution in [0.1, 0.15) is 65.7 Å². The molecule has 0 radical (unpaired) electrons. The van der Waals surface area contributed by atoms with Crippen LogP contribution in [0.25, 0.3) is 0 Å². The highest BCUT2D eigenvalue weighted by Crippen LogP contribution is 2.30. The predicted octanol–water partition coefficient (Wildman–Crippen LogP) is 3.91. The fraction of sp³-hybridized carbons (Fsp3) is 0.833. The predicted molar refractivity (Wildman–Crippen MR) is 91.2 cm³/mol. The zero-order valence-corrected chi connectivity index (χ0v) is 11.8. The van der Waals surface area contributed by atoms with Crippen molar-refractivity contribution in [3.63, 3.8) is 0 Å². The van der Waals surface area contributed by atoms with Crippen molar-refractivity contribution in [3.8, 4) is 0 Å². The third-order valence-corrected chi connectivity index (χ3v) is 4.90. The van der Waals surface area contributed by atoms with Gasteiger partial charge in [-0.25, -0.2) is 0 Å². The number of hydrogen-bond acceptors (Lipinski definition) is 4.